The van der Waals surface area contributed by atoms with Crippen LogP contribution in [0.2, 0.25) is 0 Å². The van der Waals surface area contributed by atoms with Crippen molar-refractivity contribution in [3.8, 4) is 0 Å². The number of rotatable bonds is 6. The topological polar surface area (TPSA) is 55.4 Å². The molecule has 2 fully saturated rings. The predicted molar refractivity (Wildman–Crippen MR) is 85.4 cm³/mol. The van der Waals surface area contributed by atoms with Crippen LogP contribution in [0.4, 0.5) is 0 Å². The first kappa shape index (κ1) is 19.1. The van der Waals surface area contributed by atoms with Crippen molar-refractivity contribution in [1.82, 2.24) is 0 Å². The molecule has 136 valence electrons. The molecule has 23 heavy (non-hydrogen) atoms. The zero-order chi connectivity index (χ0) is 17.3. The monoisotopic (exact) mass is 332 g/mol. The fraction of sp³-hybridized carbons (Fsp3) is 1.00. The van der Waals surface area contributed by atoms with E-state index < -0.39 is 5.79 Å². The molecule has 2 saturated heterocycles. The van der Waals surface area contributed by atoms with Gasteiger partial charge in [0.25, 0.3) is 0 Å². The van der Waals surface area contributed by atoms with Crippen LogP contribution in [0.5, 0.6) is 0 Å². The molecule has 0 amide bonds. The molecule has 6 heteroatoms. The number of ether oxygens (including phenoxy) is 6. The van der Waals surface area contributed by atoms with Gasteiger partial charge in [-0.05, 0) is 13.8 Å². The molecule has 2 heterocycles. The smallest absolute Gasteiger partial charge is 0.163 e. The molecule has 2 aliphatic heterocycles. The van der Waals surface area contributed by atoms with E-state index in [2.05, 4.69) is 13.8 Å². The molecule has 0 spiro atoms. The highest BCUT2D eigenvalue weighted by Gasteiger charge is 2.55. The Labute approximate surface area is 139 Å². The van der Waals surface area contributed by atoms with Gasteiger partial charge < -0.3 is 28.4 Å². The van der Waals surface area contributed by atoms with Crippen LogP contribution in [0, 0.1) is 5.41 Å². The average Bonchev–Trinajstić information content (AvgIpc) is 2.47. The average molecular weight is 332 g/mol. The van der Waals surface area contributed by atoms with Crippen LogP contribution in [0.1, 0.15) is 34.1 Å². The fourth-order valence-corrected chi connectivity index (χ4v) is 3.64. The summed E-state index contributed by atoms with van der Waals surface area (Å²) in [6.45, 7) is 9.22. The summed E-state index contributed by atoms with van der Waals surface area (Å²) in [5, 5.41) is 0. The molecule has 0 N–H and O–H groups in total. The number of methoxy groups -OCH3 is 3. The normalized spacial score (nSPS) is 37.2. The van der Waals surface area contributed by atoms with E-state index in [1.165, 1.54) is 0 Å². The van der Waals surface area contributed by atoms with E-state index in [0.29, 0.717) is 13.2 Å². The van der Waals surface area contributed by atoms with Crippen molar-refractivity contribution >= 4 is 0 Å². The molecule has 0 saturated carbocycles. The summed E-state index contributed by atoms with van der Waals surface area (Å²) in [4.78, 5) is 0. The second-order valence-corrected chi connectivity index (χ2v) is 7.48. The second-order valence-electron chi connectivity index (χ2n) is 7.48. The van der Waals surface area contributed by atoms with E-state index in [9.17, 15) is 0 Å². The summed E-state index contributed by atoms with van der Waals surface area (Å²) in [7, 11) is 5.11. The molecular formula is C17H32O6. The highest BCUT2D eigenvalue weighted by Crippen LogP contribution is 2.44. The lowest BCUT2D eigenvalue weighted by Crippen LogP contribution is -2.66. The van der Waals surface area contributed by atoms with Gasteiger partial charge in [-0.1, -0.05) is 13.8 Å². The maximum absolute atomic E-state index is 6.34. The van der Waals surface area contributed by atoms with Crippen molar-refractivity contribution in [1.29, 1.82) is 0 Å². The van der Waals surface area contributed by atoms with Gasteiger partial charge in [0.05, 0.1) is 31.5 Å². The predicted octanol–water partition coefficient (Wildman–Crippen LogP) is 2.00. The molecular weight excluding hydrogens is 300 g/mol. The Balaban J connectivity index is 2.17. The van der Waals surface area contributed by atoms with Gasteiger partial charge in [-0.3, -0.25) is 0 Å². The number of fused-ring (bicyclic) bond motifs is 1. The molecule has 0 unspecified atom stereocenters. The first-order valence-corrected chi connectivity index (χ1v) is 8.27. The van der Waals surface area contributed by atoms with Gasteiger partial charge >= 0.3 is 0 Å². The third kappa shape index (κ3) is 4.06. The number of hydrogen-bond acceptors (Lipinski definition) is 6. The van der Waals surface area contributed by atoms with Crippen LogP contribution in [0.25, 0.3) is 0 Å². The Morgan fingerprint density at radius 1 is 1.13 bits per heavy atom. The Morgan fingerprint density at radius 3 is 2.39 bits per heavy atom. The minimum atomic E-state index is -0.616. The fourth-order valence-electron chi connectivity index (χ4n) is 3.64. The lowest BCUT2D eigenvalue weighted by Gasteiger charge is -2.55. The van der Waals surface area contributed by atoms with E-state index in [0.717, 1.165) is 6.42 Å². The quantitative estimate of drug-likeness (QED) is 0.741. The Morgan fingerprint density at radius 2 is 1.83 bits per heavy atom. The summed E-state index contributed by atoms with van der Waals surface area (Å²) < 4.78 is 34.8. The van der Waals surface area contributed by atoms with Crippen LogP contribution in [-0.4, -0.2) is 70.9 Å². The molecule has 0 bridgehead atoms. The first-order valence-electron chi connectivity index (χ1n) is 8.27. The minimum absolute atomic E-state index is 0.0137. The van der Waals surface area contributed by atoms with Crippen LogP contribution in [-0.2, 0) is 28.4 Å². The SMILES string of the molecule is COC[C@H](C[C@H]1O[C@@H]2COC(C)(C)O[C@@H]2[C@@H](OC)C1(C)C)OC. The summed E-state index contributed by atoms with van der Waals surface area (Å²) >= 11 is 0. The van der Waals surface area contributed by atoms with Gasteiger partial charge in [0, 0.05) is 33.2 Å². The highest BCUT2D eigenvalue weighted by atomic mass is 16.7. The van der Waals surface area contributed by atoms with Crippen molar-refractivity contribution in [3.63, 3.8) is 0 Å². The lowest BCUT2D eigenvalue weighted by molar-refractivity contribution is -0.366. The summed E-state index contributed by atoms with van der Waals surface area (Å²) in [5.74, 6) is -0.616. The maximum atomic E-state index is 6.34. The summed E-state index contributed by atoms with van der Waals surface area (Å²) in [5.41, 5.74) is -0.214. The summed E-state index contributed by atoms with van der Waals surface area (Å²) in [6.07, 6.45) is 0.352. The van der Waals surface area contributed by atoms with Gasteiger partial charge in [-0.15, -0.1) is 0 Å². The van der Waals surface area contributed by atoms with Crippen LogP contribution in [0.15, 0.2) is 0 Å². The van der Waals surface area contributed by atoms with Crippen molar-refractivity contribution in [2.75, 3.05) is 34.5 Å². The largest absolute Gasteiger partial charge is 0.382 e. The molecule has 2 rings (SSSR count). The molecule has 0 aromatic heterocycles. The molecule has 0 aromatic rings. The van der Waals surface area contributed by atoms with Crippen molar-refractivity contribution in [2.45, 2.75) is 70.4 Å². The van der Waals surface area contributed by atoms with Gasteiger partial charge in [-0.25, -0.2) is 0 Å². The van der Waals surface area contributed by atoms with Gasteiger partial charge in [-0.2, -0.15) is 0 Å². The molecule has 0 aliphatic carbocycles. The van der Waals surface area contributed by atoms with Gasteiger partial charge in [0.1, 0.15) is 12.2 Å². The van der Waals surface area contributed by atoms with E-state index in [4.69, 9.17) is 28.4 Å². The molecule has 0 aromatic carbocycles. The Hall–Kier alpha value is -0.240. The van der Waals surface area contributed by atoms with Crippen LogP contribution >= 0.6 is 0 Å². The summed E-state index contributed by atoms with van der Waals surface area (Å²) in [6, 6.07) is 0. The molecule has 5 atom stereocenters. The molecule has 6 nitrogen and oxygen atoms in total. The van der Waals surface area contributed by atoms with E-state index >= 15 is 0 Å². The second kappa shape index (κ2) is 7.33. The zero-order valence-corrected chi connectivity index (χ0v) is 15.5. The number of hydrogen-bond donors (Lipinski definition) is 0. The molecule has 2 aliphatic rings. The third-order valence-electron chi connectivity index (χ3n) is 5.00. The minimum Gasteiger partial charge on any atom is -0.382 e. The third-order valence-corrected chi connectivity index (χ3v) is 5.00. The lowest BCUT2D eigenvalue weighted by atomic mass is 9.72. The van der Waals surface area contributed by atoms with E-state index in [-0.39, 0.29) is 35.9 Å². The van der Waals surface area contributed by atoms with Crippen LogP contribution in [0.3, 0.4) is 0 Å². The van der Waals surface area contributed by atoms with Crippen LogP contribution < -0.4 is 0 Å². The van der Waals surface area contributed by atoms with E-state index in [1.54, 1.807) is 21.3 Å². The van der Waals surface area contributed by atoms with Gasteiger partial charge in [0.2, 0.25) is 0 Å². The highest BCUT2D eigenvalue weighted by molar-refractivity contribution is 5.01. The zero-order valence-electron chi connectivity index (χ0n) is 15.5. The maximum Gasteiger partial charge on any atom is 0.163 e. The Bertz CT molecular complexity index is 383. The van der Waals surface area contributed by atoms with Gasteiger partial charge in [0.15, 0.2) is 5.79 Å². The standard InChI is InChI=1S/C17H32O6/c1-16(2)13(8-11(19-6)9-18-5)22-12-10-21-17(3,4)23-14(12)15(16)20-7/h11-15H,8-10H2,1-7H3/t11-,12+,13+,14-,15+/m0/s1. The van der Waals surface area contributed by atoms with E-state index in [1.807, 2.05) is 13.8 Å². The first-order chi connectivity index (χ1) is 10.7. The van der Waals surface area contributed by atoms with Crippen molar-refractivity contribution in [2.24, 2.45) is 5.41 Å². The van der Waals surface area contributed by atoms with Crippen molar-refractivity contribution < 1.29 is 28.4 Å². The van der Waals surface area contributed by atoms with Crippen molar-refractivity contribution in [3.05, 3.63) is 0 Å². The molecule has 0 radical (unpaired) electrons. The Kier molecular flexibility index (Phi) is 6.09.